The van der Waals surface area contributed by atoms with Gasteiger partial charge in [-0.3, -0.25) is 0 Å². The third kappa shape index (κ3) is 7.76. The summed E-state index contributed by atoms with van der Waals surface area (Å²) in [5.74, 6) is 1.16. The Labute approximate surface area is 143 Å². The first kappa shape index (κ1) is 19.9. The van der Waals surface area contributed by atoms with E-state index in [0.717, 1.165) is 17.2 Å². The lowest BCUT2D eigenvalue weighted by Crippen LogP contribution is -2.41. The van der Waals surface area contributed by atoms with Crippen LogP contribution in [0.2, 0.25) is 0 Å². The molecule has 1 rings (SSSR count). The Hall–Kier alpha value is -1.19. The van der Waals surface area contributed by atoms with Gasteiger partial charge in [-0.05, 0) is 19.8 Å². The van der Waals surface area contributed by atoms with Crippen LogP contribution < -0.4 is 15.4 Å². The molecule has 23 heavy (non-hydrogen) atoms. The number of guanidine groups is 1. The highest BCUT2D eigenvalue weighted by atomic mass is 32.2. The molecule has 1 aromatic rings. The van der Waals surface area contributed by atoms with E-state index in [-0.39, 0.29) is 5.75 Å². The lowest BCUT2D eigenvalue weighted by Gasteiger charge is -2.11. The maximum absolute atomic E-state index is 11.3. The lowest BCUT2D eigenvalue weighted by atomic mass is 10.2. The van der Waals surface area contributed by atoms with Crippen molar-refractivity contribution in [1.29, 1.82) is 0 Å². The molecular weight excluding hydrogens is 334 g/mol. The molecule has 0 atom stereocenters. The van der Waals surface area contributed by atoms with Crippen LogP contribution in [0.25, 0.3) is 0 Å². The number of nitrogens with zero attached hydrogens (tertiary/aromatic N) is 2. The number of sulfonamides is 1. The van der Waals surface area contributed by atoms with Crippen LogP contribution in [0.1, 0.15) is 44.3 Å². The molecule has 0 bridgehead atoms. The Bertz CT molecular complexity index is 596. The molecule has 0 fully saturated rings. The molecule has 0 aliphatic rings. The number of thiazole rings is 1. The molecule has 0 saturated heterocycles. The summed E-state index contributed by atoms with van der Waals surface area (Å²) in [6, 6.07) is 0. The number of rotatable bonds is 9. The normalized spacial score (nSPS) is 12.7. The Kier molecular flexibility index (Phi) is 8.49. The van der Waals surface area contributed by atoms with Gasteiger partial charge in [-0.2, -0.15) is 0 Å². The molecule has 3 N–H and O–H groups in total. The minimum Gasteiger partial charge on any atom is -0.357 e. The molecule has 0 aliphatic heterocycles. The van der Waals surface area contributed by atoms with E-state index in [1.165, 1.54) is 0 Å². The van der Waals surface area contributed by atoms with Crippen molar-refractivity contribution < 1.29 is 8.42 Å². The zero-order chi connectivity index (χ0) is 17.3. The van der Waals surface area contributed by atoms with E-state index < -0.39 is 10.0 Å². The molecule has 1 heterocycles. The van der Waals surface area contributed by atoms with Crippen molar-refractivity contribution in [1.82, 2.24) is 20.3 Å². The van der Waals surface area contributed by atoms with E-state index >= 15 is 0 Å². The lowest BCUT2D eigenvalue weighted by molar-refractivity contribution is 0.582. The fraction of sp³-hybridized carbons (Fsp3) is 0.714. The third-order valence-corrected chi connectivity index (χ3v) is 5.25. The van der Waals surface area contributed by atoms with Crippen LogP contribution in [-0.2, 0) is 16.6 Å². The van der Waals surface area contributed by atoms with Gasteiger partial charge in [0.2, 0.25) is 10.0 Å². The fourth-order valence-electron chi connectivity index (χ4n) is 1.64. The van der Waals surface area contributed by atoms with Gasteiger partial charge in [0.15, 0.2) is 5.96 Å². The Balaban J connectivity index is 2.49. The molecule has 132 valence electrons. The summed E-state index contributed by atoms with van der Waals surface area (Å²) in [6.07, 6.45) is 0. The summed E-state index contributed by atoms with van der Waals surface area (Å²) >= 11 is 1.61. The van der Waals surface area contributed by atoms with Crippen molar-refractivity contribution in [3.8, 4) is 0 Å². The second-order valence-corrected chi connectivity index (χ2v) is 8.28. The van der Waals surface area contributed by atoms with Crippen molar-refractivity contribution in [2.24, 2.45) is 4.99 Å². The van der Waals surface area contributed by atoms with Gasteiger partial charge in [0, 0.05) is 25.0 Å². The number of nitrogens with one attached hydrogen (secondary N) is 3. The monoisotopic (exact) mass is 361 g/mol. The summed E-state index contributed by atoms with van der Waals surface area (Å²) in [5.41, 5.74) is 1.09. The highest BCUT2D eigenvalue weighted by molar-refractivity contribution is 7.89. The molecule has 0 spiro atoms. The van der Waals surface area contributed by atoms with E-state index in [9.17, 15) is 8.42 Å². The van der Waals surface area contributed by atoms with Crippen molar-refractivity contribution in [3.05, 3.63) is 16.1 Å². The predicted molar refractivity (Wildman–Crippen MR) is 96.5 cm³/mol. The SMILES string of the molecule is CCNC(=NCc1nc(C(C)C)cs1)NCCNS(=O)(=O)CC. The summed E-state index contributed by atoms with van der Waals surface area (Å²) in [7, 11) is -3.15. The van der Waals surface area contributed by atoms with Crippen molar-refractivity contribution in [3.63, 3.8) is 0 Å². The van der Waals surface area contributed by atoms with Crippen LogP contribution in [0, 0.1) is 0 Å². The number of aromatic nitrogens is 1. The van der Waals surface area contributed by atoms with Gasteiger partial charge in [-0.25, -0.2) is 23.1 Å². The molecule has 0 aromatic carbocycles. The fourth-order valence-corrected chi connectivity index (χ4v) is 3.14. The van der Waals surface area contributed by atoms with Crippen LogP contribution in [-0.4, -0.2) is 44.7 Å². The summed E-state index contributed by atoms with van der Waals surface area (Å²) in [5, 5.41) is 9.27. The first-order valence-corrected chi connectivity index (χ1v) is 10.3. The van der Waals surface area contributed by atoms with Gasteiger partial charge < -0.3 is 10.6 Å². The highest BCUT2D eigenvalue weighted by Gasteiger charge is 2.07. The second kappa shape index (κ2) is 9.84. The third-order valence-electron chi connectivity index (χ3n) is 3.00. The number of hydrogen-bond donors (Lipinski definition) is 3. The summed E-state index contributed by atoms with van der Waals surface area (Å²) in [4.78, 5) is 9.02. The minimum absolute atomic E-state index is 0.0867. The van der Waals surface area contributed by atoms with Gasteiger partial charge in [-0.15, -0.1) is 11.3 Å². The van der Waals surface area contributed by atoms with E-state index in [1.807, 2.05) is 6.92 Å². The topological polar surface area (TPSA) is 95.5 Å². The molecule has 7 nitrogen and oxygen atoms in total. The van der Waals surface area contributed by atoms with E-state index in [1.54, 1.807) is 18.3 Å². The van der Waals surface area contributed by atoms with Gasteiger partial charge in [0.05, 0.1) is 18.0 Å². The maximum Gasteiger partial charge on any atom is 0.211 e. The second-order valence-electron chi connectivity index (χ2n) is 5.24. The average molecular weight is 362 g/mol. The predicted octanol–water partition coefficient (Wildman–Crippen LogP) is 1.26. The largest absolute Gasteiger partial charge is 0.357 e. The highest BCUT2D eigenvalue weighted by Crippen LogP contribution is 2.18. The number of aliphatic imine (C=N–C) groups is 1. The molecule has 0 aliphatic carbocycles. The van der Waals surface area contributed by atoms with Crippen LogP contribution >= 0.6 is 11.3 Å². The minimum atomic E-state index is -3.15. The van der Waals surface area contributed by atoms with Crippen LogP contribution in [0.5, 0.6) is 0 Å². The van der Waals surface area contributed by atoms with Crippen molar-refractivity contribution >= 4 is 27.3 Å². The molecule has 0 amide bonds. The van der Waals surface area contributed by atoms with Gasteiger partial charge in [0.25, 0.3) is 0 Å². The van der Waals surface area contributed by atoms with Crippen LogP contribution in [0.15, 0.2) is 10.4 Å². The van der Waals surface area contributed by atoms with E-state index in [2.05, 4.69) is 44.6 Å². The first-order valence-electron chi connectivity index (χ1n) is 7.81. The van der Waals surface area contributed by atoms with Gasteiger partial charge in [0.1, 0.15) is 5.01 Å². The maximum atomic E-state index is 11.3. The van der Waals surface area contributed by atoms with Crippen LogP contribution in [0.4, 0.5) is 0 Å². The zero-order valence-corrected chi connectivity index (χ0v) is 15.9. The number of hydrogen-bond acceptors (Lipinski definition) is 5. The van der Waals surface area contributed by atoms with Gasteiger partial charge >= 0.3 is 0 Å². The molecule has 0 unspecified atom stereocenters. The first-order chi connectivity index (χ1) is 10.9. The van der Waals surface area contributed by atoms with E-state index in [4.69, 9.17) is 0 Å². The molecule has 9 heteroatoms. The van der Waals surface area contributed by atoms with Crippen molar-refractivity contribution in [2.75, 3.05) is 25.4 Å². The molecule has 0 saturated carbocycles. The van der Waals surface area contributed by atoms with Crippen LogP contribution in [0.3, 0.4) is 0 Å². The average Bonchev–Trinajstić information content (AvgIpc) is 2.98. The Morgan fingerprint density at radius 3 is 2.61 bits per heavy atom. The molecular formula is C14H27N5O2S2. The smallest absolute Gasteiger partial charge is 0.211 e. The molecule has 0 radical (unpaired) electrons. The Morgan fingerprint density at radius 1 is 1.30 bits per heavy atom. The quantitative estimate of drug-likeness (QED) is 0.350. The summed E-state index contributed by atoms with van der Waals surface area (Å²) in [6.45, 7) is 9.87. The van der Waals surface area contributed by atoms with Gasteiger partial charge in [-0.1, -0.05) is 13.8 Å². The Morgan fingerprint density at radius 2 is 2.04 bits per heavy atom. The standard InChI is InChI=1S/C14H27N5O2S2/c1-5-15-14(16-7-8-18-23(20,21)6-2)17-9-13-19-12(10-22-13)11(3)4/h10-11,18H,5-9H2,1-4H3,(H2,15,16,17). The molecule has 1 aromatic heterocycles. The van der Waals surface area contributed by atoms with E-state index in [0.29, 0.717) is 31.5 Å². The zero-order valence-electron chi connectivity index (χ0n) is 14.2. The summed E-state index contributed by atoms with van der Waals surface area (Å²) < 4.78 is 25.2. The van der Waals surface area contributed by atoms with Crippen molar-refractivity contribution in [2.45, 2.75) is 40.2 Å².